The van der Waals surface area contributed by atoms with Crippen molar-refractivity contribution >= 4 is 11.0 Å². The Bertz CT molecular complexity index is 1220. The summed E-state index contributed by atoms with van der Waals surface area (Å²) in [5.74, 6) is 1.37. The Morgan fingerprint density at radius 1 is 0.939 bits per heavy atom. The molecule has 10 heteroatoms. The van der Waals surface area contributed by atoms with Gasteiger partial charge in [-0.2, -0.15) is 0 Å². The highest BCUT2D eigenvalue weighted by atomic mass is 16.7. The molecule has 3 aromatic rings. The van der Waals surface area contributed by atoms with E-state index in [9.17, 15) is 25.2 Å². The Hall–Kier alpha value is -3.15. The third-order valence-corrected chi connectivity index (χ3v) is 5.70. The van der Waals surface area contributed by atoms with Crippen LogP contribution in [-0.2, 0) is 4.74 Å². The predicted octanol–water partition coefficient (Wildman–Crippen LogP) is 0.410. The topological polar surface area (TPSA) is 148 Å². The van der Waals surface area contributed by atoms with Gasteiger partial charge in [0.2, 0.25) is 6.29 Å². The lowest BCUT2D eigenvalue weighted by atomic mass is 9.99. The molecule has 0 aliphatic carbocycles. The van der Waals surface area contributed by atoms with Gasteiger partial charge in [0.25, 0.3) is 0 Å². The van der Waals surface area contributed by atoms with E-state index < -0.39 is 37.3 Å². The van der Waals surface area contributed by atoms with Gasteiger partial charge in [0.05, 0.1) is 17.6 Å². The maximum atomic E-state index is 13.1. The molecule has 1 fully saturated rings. The first-order chi connectivity index (χ1) is 16.0. The van der Waals surface area contributed by atoms with Crippen LogP contribution in [0.1, 0.15) is 0 Å². The SMILES string of the molecule is O=c1c(-c2ccc3c(c2)OCCO3)coc2cc(O[C@H]3O[C@@H](CO)[C@@H](O)[C@H](O)[C@H]3O)ccc12. The van der Waals surface area contributed by atoms with E-state index in [0.717, 1.165) is 0 Å². The lowest BCUT2D eigenvalue weighted by Gasteiger charge is -2.39. The summed E-state index contributed by atoms with van der Waals surface area (Å²) < 4.78 is 27.7. The highest BCUT2D eigenvalue weighted by Gasteiger charge is 2.44. The number of aliphatic hydroxyl groups is 4. The molecule has 2 aliphatic heterocycles. The van der Waals surface area contributed by atoms with E-state index >= 15 is 0 Å². The highest BCUT2D eigenvalue weighted by molar-refractivity contribution is 5.83. The van der Waals surface area contributed by atoms with Gasteiger partial charge in [-0.25, -0.2) is 0 Å². The minimum atomic E-state index is -1.56. The average Bonchev–Trinajstić information content (AvgIpc) is 2.84. The standard InChI is InChI=1S/C23H22O10/c24-9-18-20(26)21(27)22(28)23(33-18)32-12-2-3-13-16(8-12)31-10-14(19(13)25)11-1-4-15-17(7-11)30-6-5-29-15/h1-4,7-8,10,18,20-24,26-28H,5-6,9H2/t18-,20+,21-,22+,23-/m0/s1. The number of rotatable bonds is 4. The largest absolute Gasteiger partial charge is 0.486 e. The van der Waals surface area contributed by atoms with Crippen LogP contribution in [0.5, 0.6) is 17.2 Å². The van der Waals surface area contributed by atoms with Crippen LogP contribution in [0.25, 0.3) is 22.1 Å². The zero-order valence-electron chi connectivity index (χ0n) is 17.3. The molecule has 0 unspecified atom stereocenters. The third-order valence-electron chi connectivity index (χ3n) is 5.70. The molecule has 2 aromatic carbocycles. The molecule has 10 nitrogen and oxygen atoms in total. The highest BCUT2D eigenvalue weighted by Crippen LogP contribution is 2.34. The van der Waals surface area contributed by atoms with Crippen molar-refractivity contribution in [1.82, 2.24) is 0 Å². The van der Waals surface area contributed by atoms with Gasteiger partial charge < -0.3 is 43.8 Å². The number of fused-ring (bicyclic) bond motifs is 2. The van der Waals surface area contributed by atoms with Crippen molar-refractivity contribution in [3.8, 4) is 28.4 Å². The Morgan fingerprint density at radius 2 is 1.73 bits per heavy atom. The van der Waals surface area contributed by atoms with Crippen LogP contribution in [0.15, 0.2) is 51.9 Å². The fourth-order valence-corrected chi connectivity index (χ4v) is 3.89. The molecule has 4 N–H and O–H groups in total. The fourth-order valence-electron chi connectivity index (χ4n) is 3.89. The van der Waals surface area contributed by atoms with Gasteiger partial charge in [-0.15, -0.1) is 0 Å². The van der Waals surface area contributed by atoms with Crippen LogP contribution in [0.2, 0.25) is 0 Å². The van der Waals surface area contributed by atoms with Gasteiger partial charge in [0.1, 0.15) is 55.2 Å². The summed E-state index contributed by atoms with van der Waals surface area (Å²) in [5, 5.41) is 39.6. The van der Waals surface area contributed by atoms with Gasteiger partial charge in [0, 0.05) is 6.07 Å². The quantitative estimate of drug-likeness (QED) is 0.433. The first kappa shape index (κ1) is 21.7. The Kier molecular flexibility index (Phi) is 5.69. The van der Waals surface area contributed by atoms with E-state index in [1.807, 2.05) is 0 Å². The number of aliphatic hydroxyl groups excluding tert-OH is 4. The van der Waals surface area contributed by atoms with Gasteiger partial charge in [-0.1, -0.05) is 6.07 Å². The Labute approximate surface area is 187 Å². The molecule has 0 spiro atoms. The van der Waals surface area contributed by atoms with Gasteiger partial charge in [0.15, 0.2) is 16.9 Å². The van der Waals surface area contributed by atoms with Crippen LogP contribution in [0, 0.1) is 0 Å². The molecular weight excluding hydrogens is 436 g/mol. The second-order valence-electron chi connectivity index (χ2n) is 7.81. The molecule has 174 valence electrons. The Balaban J connectivity index is 1.42. The molecule has 0 saturated carbocycles. The first-order valence-electron chi connectivity index (χ1n) is 10.4. The van der Waals surface area contributed by atoms with E-state index in [1.165, 1.54) is 24.5 Å². The number of benzene rings is 2. The van der Waals surface area contributed by atoms with Crippen molar-refractivity contribution in [3.63, 3.8) is 0 Å². The average molecular weight is 458 g/mol. The summed E-state index contributed by atoms with van der Waals surface area (Å²) in [6, 6.07) is 9.68. The van der Waals surface area contributed by atoms with E-state index in [2.05, 4.69) is 0 Å². The van der Waals surface area contributed by atoms with Crippen LogP contribution in [0.4, 0.5) is 0 Å². The van der Waals surface area contributed by atoms with Gasteiger partial charge in [-0.05, 0) is 29.8 Å². The van der Waals surface area contributed by atoms with Crippen molar-refractivity contribution < 1.29 is 43.8 Å². The minimum Gasteiger partial charge on any atom is -0.486 e. The summed E-state index contributed by atoms with van der Waals surface area (Å²) in [7, 11) is 0. The molecular formula is C23H22O10. The maximum absolute atomic E-state index is 13.1. The van der Waals surface area contributed by atoms with Crippen molar-refractivity contribution in [1.29, 1.82) is 0 Å². The summed E-state index contributed by atoms with van der Waals surface area (Å²) in [5.41, 5.74) is 0.953. The normalized spacial score (nSPS) is 26.8. The van der Waals surface area contributed by atoms with Gasteiger partial charge >= 0.3 is 0 Å². The molecule has 33 heavy (non-hydrogen) atoms. The second-order valence-corrected chi connectivity index (χ2v) is 7.81. The number of hydrogen-bond donors (Lipinski definition) is 4. The lowest BCUT2D eigenvalue weighted by molar-refractivity contribution is -0.277. The van der Waals surface area contributed by atoms with Crippen molar-refractivity contribution in [2.45, 2.75) is 30.7 Å². The molecule has 5 rings (SSSR count). The van der Waals surface area contributed by atoms with E-state index in [4.69, 9.17) is 23.4 Å². The summed E-state index contributed by atoms with van der Waals surface area (Å²) in [4.78, 5) is 13.1. The minimum absolute atomic E-state index is 0.196. The fraction of sp³-hybridized carbons (Fsp3) is 0.348. The zero-order valence-corrected chi connectivity index (χ0v) is 17.3. The van der Waals surface area contributed by atoms with Crippen LogP contribution in [0.3, 0.4) is 0 Å². The van der Waals surface area contributed by atoms with E-state index in [-0.39, 0.29) is 16.8 Å². The van der Waals surface area contributed by atoms with Crippen molar-refractivity contribution in [3.05, 3.63) is 52.9 Å². The molecule has 5 atom stereocenters. The molecule has 0 bridgehead atoms. The van der Waals surface area contributed by atoms with Crippen LogP contribution in [-0.4, -0.2) is 71.0 Å². The Morgan fingerprint density at radius 3 is 2.52 bits per heavy atom. The molecule has 0 radical (unpaired) electrons. The molecule has 1 aromatic heterocycles. The van der Waals surface area contributed by atoms with Crippen LogP contribution < -0.4 is 19.6 Å². The third kappa shape index (κ3) is 3.92. The molecule has 3 heterocycles. The van der Waals surface area contributed by atoms with Crippen molar-refractivity contribution in [2.75, 3.05) is 19.8 Å². The van der Waals surface area contributed by atoms with E-state index in [1.54, 1.807) is 18.2 Å². The maximum Gasteiger partial charge on any atom is 0.229 e. The summed E-state index contributed by atoms with van der Waals surface area (Å²) in [6.45, 7) is 0.331. The van der Waals surface area contributed by atoms with E-state index in [0.29, 0.717) is 41.2 Å². The van der Waals surface area contributed by atoms with Crippen molar-refractivity contribution in [2.24, 2.45) is 0 Å². The summed E-state index contributed by atoms with van der Waals surface area (Å²) >= 11 is 0. The monoisotopic (exact) mass is 458 g/mol. The smallest absolute Gasteiger partial charge is 0.229 e. The number of ether oxygens (including phenoxy) is 4. The predicted molar refractivity (Wildman–Crippen MR) is 113 cm³/mol. The molecule has 1 saturated heterocycles. The molecule has 0 amide bonds. The first-order valence-corrected chi connectivity index (χ1v) is 10.4. The van der Waals surface area contributed by atoms with Gasteiger partial charge in [-0.3, -0.25) is 4.79 Å². The zero-order chi connectivity index (χ0) is 23.1. The second kappa shape index (κ2) is 8.65. The summed E-state index contributed by atoms with van der Waals surface area (Å²) in [6.07, 6.45) is -5.70. The van der Waals surface area contributed by atoms with Crippen LogP contribution >= 0.6 is 0 Å². The number of hydrogen-bond acceptors (Lipinski definition) is 10. The lowest BCUT2D eigenvalue weighted by Crippen LogP contribution is -2.60. The molecule has 2 aliphatic rings.